The summed E-state index contributed by atoms with van der Waals surface area (Å²) in [6, 6.07) is 2.18. The van der Waals surface area contributed by atoms with E-state index in [-0.39, 0.29) is 11.9 Å². The smallest absolute Gasteiger partial charge is 0.255 e. The first kappa shape index (κ1) is 12.9. The van der Waals surface area contributed by atoms with Crippen LogP contribution in [-0.4, -0.2) is 31.5 Å². The first-order chi connectivity index (χ1) is 9.56. The van der Waals surface area contributed by atoms with Crippen LogP contribution in [0.25, 0.3) is 0 Å². The molecular weight excluding hydrogens is 254 g/mol. The Morgan fingerprint density at radius 1 is 1.45 bits per heavy atom. The van der Waals surface area contributed by atoms with Gasteiger partial charge in [0, 0.05) is 43.6 Å². The van der Waals surface area contributed by atoms with Gasteiger partial charge >= 0.3 is 0 Å². The van der Waals surface area contributed by atoms with Gasteiger partial charge in [-0.1, -0.05) is 0 Å². The highest BCUT2D eigenvalue weighted by Gasteiger charge is 2.23. The van der Waals surface area contributed by atoms with E-state index in [9.17, 15) is 4.79 Å². The molecule has 0 spiro atoms. The van der Waals surface area contributed by atoms with Gasteiger partial charge in [0.2, 0.25) is 0 Å². The third-order valence-electron chi connectivity index (χ3n) is 4.02. The van der Waals surface area contributed by atoms with Crippen molar-refractivity contribution >= 4 is 5.91 Å². The van der Waals surface area contributed by atoms with E-state index < -0.39 is 0 Å². The third-order valence-corrected chi connectivity index (χ3v) is 4.02. The molecule has 0 aliphatic carbocycles. The van der Waals surface area contributed by atoms with Crippen molar-refractivity contribution < 1.29 is 4.79 Å². The van der Waals surface area contributed by atoms with E-state index in [0.717, 1.165) is 30.8 Å². The summed E-state index contributed by atoms with van der Waals surface area (Å²) in [7, 11) is 1.86. The van der Waals surface area contributed by atoms with E-state index in [1.54, 1.807) is 4.68 Å². The largest absolute Gasteiger partial charge is 0.349 e. The van der Waals surface area contributed by atoms with Crippen LogP contribution in [0.3, 0.4) is 0 Å². The molecule has 0 saturated heterocycles. The van der Waals surface area contributed by atoms with E-state index >= 15 is 0 Å². The molecule has 1 amide bonds. The molecule has 0 fully saturated rings. The van der Waals surface area contributed by atoms with Gasteiger partial charge < -0.3 is 5.32 Å². The Kier molecular flexibility index (Phi) is 3.08. The Hall–Kier alpha value is -2.11. The van der Waals surface area contributed by atoms with E-state index in [4.69, 9.17) is 0 Å². The van der Waals surface area contributed by atoms with Gasteiger partial charge in [0.05, 0.1) is 11.3 Å². The number of amides is 1. The molecule has 1 aliphatic heterocycles. The fourth-order valence-corrected chi connectivity index (χ4v) is 2.85. The average molecular weight is 273 g/mol. The van der Waals surface area contributed by atoms with Crippen LogP contribution in [-0.2, 0) is 20.0 Å². The Balaban J connectivity index is 1.74. The molecule has 0 bridgehead atoms. The molecule has 20 heavy (non-hydrogen) atoms. The van der Waals surface area contributed by atoms with Crippen molar-refractivity contribution in [3.63, 3.8) is 0 Å². The van der Waals surface area contributed by atoms with Gasteiger partial charge in [-0.15, -0.1) is 0 Å². The number of aryl methyl sites for hydroxylation is 3. The van der Waals surface area contributed by atoms with Crippen molar-refractivity contribution in [2.45, 2.75) is 39.3 Å². The third kappa shape index (κ3) is 2.11. The second-order valence-electron chi connectivity index (χ2n) is 5.38. The van der Waals surface area contributed by atoms with Crippen LogP contribution in [0.15, 0.2) is 12.3 Å². The van der Waals surface area contributed by atoms with Crippen LogP contribution >= 0.6 is 0 Å². The zero-order chi connectivity index (χ0) is 14.3. The second kappa shape index (κ2) is 4.77. The summed E-state index contributed by atoms with van der Waals surface area (Å²) in [5.41, 5.74) is 3.57. The number of carbonyl (C=O) groups excluding carboxylic acids is 1. The second-order valence-corrected chi connectivity index (χ2v) is 5.38. The maximum Gasteiger partial charge on any atom is 0.255 e. The lowest BCUT2D eigenvalue weighted by Gasteiger charge is -2.24. The van der Waals surface area contributed by atoms with Crippen molar-refractivity contribution in [1.29, 1.82) is 0 Å². The summed E-state index contributed by atoms with van der Waals surface area (Å²) in [5.74, 6) is -0.0222. The van der Waals surface area contributed by atoms with E-state index in [1.807, 2.05) is 37.8 Å². The summed E-state index contributed by atoms with van der Waals surface area (Å²) in [6.45, 7) is 4.65. The number of aromatic nitrogens is 4. The molecule has 3 heterocycles. The zero-order valence-corrected chi connectivity index (χ0v) is 12.1. The summed E-state index contributed by atoms with van der Waals surface area (Å²) >= 11 is 0. The predicted molar refractivity (Wildman–Crippen MR) is 74.5 cm³/mol. The Morgan fingerprint density at radius 2 is 2.25 bits per heavy atom. The number of rotatable bonds is 2. The molecule has 0 aromatic carbocycles. The number of fused-ring (bicyclic) bond motifs is 1. The molecule has 1 aliphatic rings. The highest BCUT2D eigenvalue weighted by molar-refractivity contribution is 5.96. The minimum atomic E-state index is -0.0222. The topological polar surface area (TPSA) is 64.7 Å². The zero-order valence-electron chi connectivity index (χ0n) is 12.1. The maximum atomic E-state index is 12.4. The first-order valence-corrected chi connectivity index (χ1v) is 6.88. The molecule has 2 aromatic heterocycles. The summed E-state index contributed by atoms with van der Waals surface area (Å²) < 4.78 is 3.75. The minimum Gasteiger partial charge on any atom is -0.349 e. The number of nitrogens with one attached hydrogen (secondary N) is 1. The highest BCUT2D eigenvalue weighted by Crippen LogP contribution is 2.16. The van der Waals surface area contributed by atoms with Gasteiger partial charge in [0.15, 0.2) is 0 Å². The Bertz CT molecular complexity index is 655. The maximum absolute atomic E-state index is 12.4. The molecule has 3 rings (SSSR count). The highest BCUT2D eigenvalue weighted by atomic mass is 16.1. The fraction of sp³-hybridized carbons (Fsp3) is 0.500. The predicted octanol–water partition coefficient (Wildman–Crippen LogP) is 0.978. The summed E-state index contributed by atoms with van der Waals surface area (Å²) in [6.07, 6.45) is 3.57. The van der Waals surface area contributed by atoms with Gasteiger partial charge in [0.25, 0.3) is 5.91 Å². The monoisotopic (exact) mass is 273 g/mol. The van der Waals surface area contributed by atoms with Gasteiger partial charge in [0.1, 0.15) is 0 Å². The number of hydrogen-bond acceptors (Lipinski definition) is 3. The number of hydrogen-bond donors (Lipinski definition) is 1. The lowest BCUT2D eigenvalue weighted by atomic mass is 10.0. The molecule has 0 saturated carbocycles. The van der Waals surface area contributed by atoms with Crippen molar-refractivity contribution in [2.24, 2.45) is 7.05 Å². The molecule has 0 unspecified atom stereocenters. The van der Waals surface area contributed by atoms with Gasteiger partial charge in [-0.25, -0.2) is 0 Å². The van der Waals surface area contributed by atoms with Crippen molar-refractivity contribution in [2.75, 3.05) is 0 Å². The normalized spacial score (nSPS) is 17.9. The summed E-state index contributed by atoms with van der Waals surface area (Å²) in [4.78, 5) is 12.4. The molecule has 1 atom stereocenters. The van der Waals surface area contributed by atoms with Gasteiger partial charge in [-0.2, -0.15) is 10.2 Å². The Morgan fingerprint density at radius 3 is 2.95 bits per heavy atom. The van der Waals surface area contributed by atoms with Gasteiger partial charge in [-0.3, -0.25) is 14.2 Å². The summed E-state index contributed by atoms with van der Waals surface area (Å²) in [5, 5.41) is 11.7. The van der Waals surface area contributed by atoms with Crippen LogP contribution in [0, 0.1) is 13.8 Å². The van der Waals surface area contributed by atoms with Crippen LogP contribution in [0.1, 0.15) is 33.9 Å². The molecule has 2 aromatic rings. The molecule has 1 N–H and O–H groups in total. The van der Waals surface area contributed by atoms with Crippen molar-refractivity contribution in [1.82, 2.24) is 24.9 Å². The first-order valence-electron chi connectivity index (χ1n) is 6.88. The standard InChI is InChI=1S/C14H19N5O/c1-9-13(10(2)18(3)17-9)14(20)16-11-5-7-19-12(8-11)4-6-15-19/h4,6,11H,5,7-8H2,1-3H3,(H,16,20)/t11-/m0/s1. The minimum absolute atomic E-state index is 0.0222. The number of nitrogens with zero attached hydrogens (tertiary/aromatic N) is 4. The lowest BCUT2D eigenvalue weighted by molar-refractivity contribution is 0.0929. The number of carbonyl (C=O) groups is 1. The molecular formula is C14H19N5O. The molecule has 0 radical (unpaired) electrons. The van der Waals surface area contributed by atoms with E-state index in [1.165, 1.54) is 5.69 Å². The van der Waals surface area contributed by atoms with Crippen LogP contribution in [0.2, 0.25) is 0 Å². The van der Waals surface area contributed by atoms with Crippen LogP contribution in [0.4, 0.5) is 0 Å². The molecule has 6 nitrogen and oxygen atoms in total. The molecule has 106 valence electrons. The van der Waals surface area contributed by atoms with Crippen LogP contribution in [0.5, 0.6) is 0 Å². The SMILES string of the molecule is Cc1nn(C)c(C)c1C(=O)N[C@H]1CCn2nccc2C1. The fourth-order valence-electron chi connectivity index (χ4n) is 2.85. The Labute approximate surface area is 117 Å². The van der Waals surface area contributed by atoms with Crippen LogP contribution < -0.4 is 5.32 Å². The van der Waals surface area contributed by atoms with Crippen molar-refractivity contribution in [3.8, 4) is 0 Å². The lowest BCUT2D eigenvalue weighted by Crippen LogP contribution is -2.40. The van der Waals surface area contributed by atoms with Gasteiger partial charge in [-0.05, 0) is 26.3 Å². The van der Waals surface area contributed by atoms with Crippen molar-refractivity contribution in [3.05, 3.63) is 34.9 Å². The molecule has 6 heteroatoms. The van der Waals surface area contributed by atoms with E-state index in [0.29, 0.717) is 5.56 Å². The van der Waals surface area contributed by atoms with E-state index in [2.05, 4.69) is 15.5 Å². The quantitative estimate of drug-likeness (QED) is 0.887. The average Bonchev–Trinajstić information content (AvgIpc) is 2.94.